The van der Waals surface area contributed by atoms with E-state index in [0.717, 1.165) is 0 Å². The zero-order valence-corrected chi connectivity index (χ0v) is 13.7. The first-order chi connectivity index (χ1) is 11.2. The van der Waals surface area contributed by atoms with E-state index in [-0.39, 0.29) is 36.0 Å². The lowest BCUT2D eigenvalue weighted by Crippen LogP contribution is -2.51. The van der Waals surface area contributed by atoms with E-state index in [1.54, 1.807) is 0 Å². The van der Waals surface area contributed by atoms with Gasteiger partial charge in [-0.15, -0.1) is 0 Å². The Morgan fingerprint density at radius 3 is 2.38 bits per heavy atom. The Morgan fingerprint density at radius 1 is 1.21 bits per heavy atom. The molecule has 0 radical (unpaired) electrons. The van der Waals surface area contributed by atoms with Crippen LogP contribution in [-0.2, 0) is 14.6 Å². The third kappa shape index (κ3) is 4.28. The number of aromatic carboxylic acids is 1. The van der Waals surface area contributed by atoms with Crippen molar-refractivity contribution in [2.75, 3.05) is 24.6 Å². The lowest BCUT2D eigenvalue weighted by Gasteiger charge is -2.29. The highest BCUT2D eigenvalue weighted by atomic mass is 32.2. The van der Waals surface area contributed by atoms with Gasteiger partial charge >= 0.3 is 5.97 Å². The molecule has 2 heterocycles. The Labute approximate surface area is 138 Å². The van der Waals surface area contributed by atoms with E-state index in [0.29, 0.717) is 0 Å². The normalized spacial score (nSPS) is 17.8. The van der Waals surface area contributed by atoms with Gasteiger partial charge in [0.15, 0.2) is 9.84 Å². The number of nitrogens with zero attached hydrogens (tertiary/aromatic N) is 2. The number of nitrogens with one attached hydrogen (secondary N) is 1. The van der Waals surface area contributed by atoms with Crippen molar-refractivity contribution in [2.45, 2.75) is 13.0 Å². The Bertz CT molecular complexity index is 762. The summed E-state index contributed by atoms with van der Waals surface area (Å²) in [5, 5.41) is 11.3. The molecule has 24 heavy (non-hydrogen) atoms. The van der Waals surface area contributed by atoms with Crippen molar-refractivity contribution in [3.8, 4) is 0 Å². The van der Waals surface area contributed by atoms with Gasteiger partial charge in [-0.1, -0.05) is 6.07 Å². The van der Waals surface area contributed by atoms with Gasteiger partial charge in [0.05, 0.1) is 11.5 Å². The molecule has 1 unspecified atom stereocenters. The summed E-state index contributed by atoms with van der Waals surface area (Å²) in [4.78, 5) is 40.3. The maximum Gasteiger partial charge on any atom is 0.354 e. The molecular weight excluding hydrogens is 338 g/mol. The van der Waals surface area contributed by atoms with Crippen molar-refractivity contribution in [1.29, 1.82) is 0 Å². The second kappa shape index (κ2) is 6.95. The minimum absolute atomic E-state index is 0.0914. The minimum Gasteiger partial charge on any atom is -0.477 e. The second-order valence-corrected chi connectivity index (χ2v) is 7.69. The lowest BCUT2D eigenvalue weighted by atomic mass is 10.2. The number of hydrogen-bond acceptors (Lipinski definition) is 6. The summed E-state index contributed by atoms with van der Waals surface area (Å²) in [6.45, 7) is 1.66. The molecule has 9 nitrogen and oxygen atoms in total. The second-order valence-electron chi connectivity index (χ2n) is 5.39. The zero-order valence-electron chi connectivity index (χ0n) is 12.9. The first-order valence-electron chi connectivity index (χ1n) is 7.20. The number of pyridine rings is 1. The fraction of sp³-hybridized carbons (Fsp3) is 0.429. The highest BCUT2D eigenvalue weighted by Crippen LogP contribution is 2.06. The number of aromatic nitrogens is 1. The Morgan fingerprint density at radius 2 is 1.79 bits per heavy atom. The van der Waals surface area contributed by atoms with Crippen LogP contribution >= 0.6 is 0 Å². The highest BCUT2D eigenvalue weighted by molar-refractivity contribution is 7.91. The van der Waals surface area contributed by atoms with E-state index >= 15 is 0 Å². The summed E-state index contributed by atoms with van der Waals surface area (Å²) in [5.74, 6) is -2.53. The molecule has 1 aliphatic rings. The van der Waals surface area contributed by atoms with Gasteiger partial charge < -0.3 is 15.3 Å². The molecule has 1 aromatic heterocycles. The van der Waals surface area contributed by atoms with E-state index in [4.69, 9.17) is 5.11 Å². The number of carbonyl (C=O) groups is 3. The summed E-state index contributed by atoms with van der Waals surface area (Å²) in [6, 6.07) is 3.09. The molecule has 1 aromatic rings. The summed E-state index contributed by atoms with van der Waals surface area (Å²) in [7, 11) is -3.10. The molecule has 0 aromatic carbocycles. The molecule has 10 heteroatoms. The van der Waals surface area contributed by atoms with Gasteiger partial charge in [-0.05, 0) is 19.1 Å². The predicted octanol–water partition coefficient (Wildman–Crippen LogP) is -0.845. The van der Waals surface area contributed by atoms with E-state index in [1.165, 1.54) is 30.0 Å². The molecule has 1 atom stereocenters. The number of carbonyl (C=O) groups excluding carboxylic acids is 2. The quantitative estimate of drug-likeness (QED) is 0.719. The average Bonchev–Trinajstić information content (AvgIpc) is 2.54. The largest absolute Gasteiger partial charge is 0.477 e. The Hall–Kier alpha value is -2.49. The summed E-state index contributed by atoms with van der Waals surface area (Å²) >= 11 is 0. The third-order valence-electron chi connectivity index (χ3n) is 3.57. The number of carboxylic acids is 1. The molecule has 0 spiro atoms. The van der Waals surface area contributed by atoms with Crippen molar-refractivity contribution in [2.24, 2.45) is 0 Å². The zero-order chi connectivity index (χ0) is 17.9. The Kier molecular flexibility index (Phi) is 5.17. The number of amides is 2. The molecule has 130 valence electrons. The molecule has 2 rings (SSSR count). The minimum atomic E-state index is -3.10. The first-order valence-corrected chi connectivity index (χ1v) is 9.02. The van der Waals surface area contributed by atoms with Gasteiger partial charge in [0.2, 0.25) is 5.91 Å². The molecule has 0 saturated carbocycles. The highest BCUT2D eigenvalue weighted by Gasteiger charge is 2.28. The third-order valence-corrected chi connectivity index (χ3v) is 5.18. The molecule has 0 bridgehead atoms. The fourth-order valence-electron chi connectivity index (χ4n) is 2.22. The predicted molar refractivity (Wildman–Crippen MR) is 83.4 cm³/mol. The van der Waals surface area contributed by atoms with Crippen molar-refractivity contribution in [3.05, 3.63) is 29.6 Å². The van der Waals surface area contributed by atoms with E-state index in [2.05, 4.69) is 10.3 Å². The van der Waals surface area contributed by atoms with E-state index in [1.807, 2.05) is 0 Å². The van der Waals surface area contributed by atoms with Crippen LogP contribution in [0.25, 0.3) is 0 Å². The maximum absolute atomic E-state index is 12.3. The van der Waals surface area contributed by atoms with Crippen LogP contribution in [-0.4, -0.2) is 71.8 Å². The lowest BCUT2D eigenvalue weighted by molar-refractivity contribution is -0.132. The van der Waals surface area contributed by atoms with Crippen LogP contribution in [0, 0.1) is 0 Å². The van der Waals surface area contributed by atoms with Crippen LogP contribution in [0.15, 0.2) is 18.2 Å². The summed E-state index contributed by atoms with van der Waals surface area (Å²) in [6.07, 6.45) is 0. The summed E-state index contributed by atoms with van der Waals surface area (Å²) < 4.78 is 22.7. The van der Waals surface area contributed by atoms with Gasteiger partial charge in [-0.25, -0.2) is 18.2 Å². The molecule has 1 fully saturated rings. The standard InChI is InChI=1S/C14H17N3O6S/c1-9(13(19)17-5-7-24(22,23)8-6-17)15-12(18)10-3-2-4-11(16-10)14(20)21/h2-4,9H,5-8H2,1H3,(H,15,18)(H,20,21). The van der Waals surface area contributed by atoms with Gasteiger partial charge in [0.25, 0.3) is 5.91 Å². The van der Waals surface area contributed by atoms with Gasteiger partial charge in [0, 0.05) is 13.1 Å². The van der Waals surface area contributed by atoms with Crippen molar-refractivity contribution in [3.63, 3.8) is 0 Å². The van der Waals surface area contributed by atoms with E-state index < -0.39 is 33.7 Å². The SMILES string of the molecule is CC(NC(=O)c1cccc(C(=O)O)n1)C(=O)N1CCS(=O)(=O)CC1. The molecule has 2 amide bonds. The van der Waals surface area contributed by atoms with Crippen LogP contribution < -0.4 is 5.32 Å². The summed E-state index contributed by atoms with van der Waals surface area (Å²) in [5.41, 5.74) is -0.390. The number of carboxylic acid groups (broad SMARTS) is 1. The number of rotatable bonds is 4. The maximum atomic E-state index is 12.3. The van der Waals surface area contributed by atoms with Crippen molar-refractivity contribution < 1.29 is 27.9 Å². The average molecular weight is 355 g/mol. The number of sulfone groups is 1. The van der Waals surface area contributed by atoms with Crippen LogP contribution in [0.5, 0.6) is 0 Å². The van der Waals surface area contributed by atoms with E-state index in [9.17, 15) is 22.8 Å². The van der Waals surface area contributed by atoms with Crippen LogP contribution in [0.2, 0.25) is 0 Å². The smallest absolute Gasteiger partial charge is 0.354 e. The molecule has 2 N–H and O–H groups in total. The van der Waals surface area contributed by atoms with Crippen LogP contribution in [0.1, 0.15) is 27.9 Å². The molecular formula is C14H17N3O6S. The van der Waals surface area contributed by atoms with Crippen LogP contribution in [0.4, 0.5) is 0 Å². The van der Waals surface area contributed by atoms with Crippen LogP contribution in [0.3, 0.4) is 0 Å². The van der Waals surface area contributed by atoms with Crippen molar-refractivity contribution >= 4 is 27.6 Å². The molecule has 1 aliphatic heterocycles. The topological polar surface area (TPSA) is 134 Å². The van der Waals surface area contributed by atoms with Gasteiger partial charge in [0.1, 0.15) is 17.4 Å². The fourth-order valence-corrected chi connectivity index (χ4v) is 3.42. The van der Waals surface area contributed by atoms with Gasteiger partial charge in [-0.2, -0.15) is 0 Å². The van der Waals surface area contributed by atoms with Crippen molar-refractivity contribution in [1.82, 2.24) is 15.2 Å². The molecule has 1 saturated heterocycles. The Balaban J connectivity index is 2.00. The molecule has 0 aliphatic carbocycles. The van der Waals surface area contributed by atoms with Gasteiger partial charge in [-0.3, -0.25) is 9.59 Å². The monoisotopic (exact) mass is 355 g/mol. The number of hydrogen-bond donors (Lipinski definition) is 2. The first kappa shape index (κ1) is 17.9.